The third-order valence-corrected chi connectivity index (χ3v) is 15.4. The summed E-state index contributed by atoms with van der Waals surface area (Å²) in [6, 6.07) is 80.1. The Morgan fingerprint density at radius 2 is 0.758 bits per heavy atom. The molecule has 3 heteroatoms. The molecular formula is C63H39NO2. The summed E-state index contributed by atoms with van der Waals surface area (Å²) in [5.74, 6) is 0. The SMILES string of the molecule is CC1(c2cccc3c2oc2cc(N(c4ccc5c(c4)C4(c6ccccc6-c6ccccc64)c4ccccc4-5)c4cccc5c4oc4ccccc45)ccc23)c2ccccc2-c2ccccc21. The highest BCUT2D eigenvalue weighted by molar-refractivity contribution is 6.12. The van der Waals surface area contributed by atoms with Gasteiger partial charge in [0.05, 0.1) is 16.8 Å². The number of fused-ring (bicyclic) bond motifs is 19. The van der Waals surface area contributed by atoms with E-state index in [2.05, 4.69) is 224 Å². The van der Waals surface area contributed by atoms with Gasteiger partial charge in [-0.3, -0.25) is 0 Å². The minimum atomic E-state index is -0.487. The lowest BCUT2D eigenvalue weighted by Crippen LogP contribution is -2.26. The van der Waals surface area contributed by atoms with Crippen LogP contribution in [0.15, 0.2) is 227 Å². The van der Waals surface area contributed by atoms with Gasteiger partial charge in [0.1, 0.15) is 16.7 Å². The average Bonchev–Trinajstić information content (AvgIpc) is 4.16. The van der Waals surface area contributed by atoms with E-state index in [4.69, 9.17) is 8.83 Å². The van der Waals surface area contributed by atoms with Crippen LogP contribution in [-0.4, -0.2) is 0 Å². The molecule has 15 rings (SSSR count). The van der Waals surface area contributed by atoms with Crippen LogP contribution in [0.2, 0.25) is 0 Å². The normalized spacial score (nSPS) is 14.4. The largest absolute Gasteiger partial charge is 0.456 e. The second kappa shape index (κ2) is 12.9. The minimum absolute atomic E-state index is 0.401. The van der Waals surface area contributed by atoms with Crippen LogP contribution in [0.1, 0.15) is 45.9 Å². The first-order valence-electron chi connectivity index (χ1n) is 22.9. The van der Waals surface area contributed by atoms with Crippen molar-refractivity contribution in [3.05, 3.63) is 257 Å². The van der Waals surface area contributed by atoms with Gasteiger partial charge < -0.3 is 13.7 Å². The van der Waals surface area contributed by atoms with Gasteiger partial charge in [0.25, 0.3) is 0 Å². The summed E-state index contributed by atoms with van der Waals surface area (Å²) in [6.07, 6.45) is 0. The van der Waals surface area contributed by atoms with Crippen molar-refractivity contribution in [1.29, 1.82) is 0 Å². The van der Waals surface area contributed by atoms with Crippen LogP contribution in [0.25, 0.3) is 77.3 Å². The highest BCUT2D eigenvalue weighted by Gasteiger charge is 2.52. The van der Waals surface area contributed by atoms with Gasteiger partial charge in [-0.1, -0.05) is 176 Å². The summed E-state index contributed by atoms with van der Waals surface area (Å²) in [7, 11) is 0. The first kappa shape index (κ1) is 36.0. The molecule has 0 saturated carbocycles. The van der Waals surface area contributed by atoms with E-state index in [0.29, 0.717) is 0 Å². The predicted octanol–water partition coefficient (Wildman–Crippen LogP) is 16.6. The lowest BCUT2D eigenvalue weighted by Gasteiger charge is -2.32. The Bertz CT molecular complexity index is 3940. The van der Waals surface area contributed by atoms with Gasteiger partial charge >= 0.3 is 0 Å². The Balaban J connectivity index is 0.984. The first-order chi connectivity index (χ1) is 32.6. The summed E-state index contributed by atoms with van der Waals surface area (Å²) < 4.78 is 14.1. The van der Waals surface area contributed by atoms with Crippen molar-refractivity contribution in [2.75, 3.05) is 4.90 Å². The van der Waals surface area contributed by atoms with Crippen LogP contribution in [0.5, 0.6) is 0 Å². The number of para-hydroxylation sites is 3. The van der Waals surface area contributed by atoms with Crippen LogP contribution in [0, 0.1) is 0 Å². The van der Waals surface area contributed by atoms with E-state index in [1.807, 2.05) is 6.07 Å². The molecule has 308 valence electrons. The summed E-state index contributed by atoms with van der Waals surface area (Å²) in [5, 5.41) is 4.37. The zero-order chi connectivity index (χ0) is 43.3. The van der Waals surface area contributed by atoms with Gasteiger partial charge in [0.2, 0.25) is 0 Å². The van der Waals surface area contributed by atoms with Gasteiger partial charge in [-0.05, 0) is 110 Å². The first-order valence-corrected chi connectivity index (χ1v) is 22.9. The van der Waals surface area contributed by atoms with E-state index in [9.17, 15) is 0 Å². The molecule has 3 aliphatic carbocycles. The van der Waals surface area contributed by atoms with Crippen LogP contribution < -0.4 is 4.90 Å². The Morgan fingerprint density at radius 1 is 0.318 bits per heavy atom. The van der Waals surface area contributed by atoms with Crippen LogP contribution >= 0.6 is 0 Å². The molecule has 0 N–H and O–H groups in total. The highest BCUT2D eigenvalue weighted by Crippen LogP contribution is 2.63. The maximum atomic E-state index is 7.21. The van der Waals surface area contributed by atoms with Crippen LogP contribution in [-0.2, 0) is 10.8 Å². The fraction of sp³-hybridized carbons (Fsp3) is 0.0476. The van der Waals surface area contributed by atoms with Crippen molar-refractivity contribution in [2.45, 2.75) is 17.8 Å². The van der Waals surface area contributed by atoms with Crippen LogP contribution in [0.3, 0.4) is 0 Å². The third-order valence-electron chi connectivity index (χ3n) is 15.4. The zero-order valence-electron chi connectivity index (χ0n) is 36.0. The molecule has 0 saturated heterocycles. The Kier molecular flexibility index (Phi) is 7.02. The van der Waals surface area contributed by atoms with Crippen molar-refractivity contribution in [1.82, 2.24) is 0 Å². The molecule has 3 aliphatic rings. The Hall–Kier alpha value is -8.40. The standard InChI is InChI=1S/C63H39NO2/c1-62(50-24-8-2-16-40(50)41-17-3-9-25-51(41)62)55-29-14-22-48-47-35-33-39(37-59(47)66-60(48)55)64(57-30-15-23-49-46-21-7-13-31-58(46)65-61(49)57)38-32-34-45-44-20-6-12-28-54(44)63(56(45)36-38)52-26-10-4-18-42(52)43-19-5-11-27-53(43)63/h2-37H,1H3. The van der Waals surface area contributed by atoms with Crippen molar-refractivity contribution in [3.8, 4) is 33.4 Å². The molecule has 0 atom stereocenters. The quantitative estimate of drug-likeness (QED) is 0.177. The molecule has 2 heterocycles. The lowest BCUT2D eigenvalue weighted by atomic mass is 9.70. The van der Waals surface area contributed by atoms with Crippen molar-refractivity contribution >= 4 is 60.9 Å². The highest BCUT2D eigenvalue weighted by atomic mass is 16.3. The number of hydrogen-bond acceptors (Lipinski definition) is 3. The molecule has 2 aromatic heterocycles. The summed E-state index contributed by atoms with van der Waals surface area (Å²) in [6.45, 7) is 2.36. The molecular weight excluding hydrogens is 803 g/mol. The number of anilines is 3. The Labute approximate surface area is 381 Å². The van der Waals surface area contributed by atoms with Gasteiger partial charge in [-0.2, -0.15) is 0 Å². The fourth-order valence-corrected chi connectivity index (χ4v) is 12.6. The molecule has 10 aromatic carbocycles. The lowest BCUT2D eigenvalue weighted by molar-refractivity contribution is 0.637. The van der Waals surface area contributed by atoms with E-state index < -0.39 is 10.8 Å². The van der Waals surface area contributed by atoms with E-state index >= 15 is 0 Å². The molecule has 66 heavy (non-hydrogen) atoms. The predicted molar refractivity (Wildman–Crippen MR) is 269 cm³/mol. The summed E-state index contributed by atoms with van der Waals surface area (Å²) in [5.41, 5.74) is 22.2. The molecule has 0 amide bonds. The molecule has 0 radical (unpaired) electrons. The van der Waals surface area contributed by atoms with Crippen molar-refractivity contribution in [3.63, 3.8) is 0 Å². The Morgan fingerprint density at radius 3 is 1.41 bits per heavy atom. The van der Waals surface area contributed by atoms with Crippen molar-refractivity contribution in [2.24, 2.45) is 0 Å². The third kappa shape index (κ3) is 4.42. The fourth-order valence-electron chi connectivity index (χ4n) is 12.6. The topological polar surface area (TPSA) is 29.5 Å². The molecule has 0 fully saturated rings. The molecule has 3 nitrogen and oxygen atoms in total. The molecule has 0 unspecified atom stereocenters. The van der Waals surface area contributed by atoms with Gasteiger partial charge in [0, 0.05) is 44.3 Å². The number of benzene rings is 10. The van der Waals surface area contributed by atoms with Gasteiger partial charge in [0.15, 0.2) is 5.58 Å². The molecule has 0 aliphatic heterocycles. The van der Waals surface area contributed by atoms with E-state index in [1.54, 1.807) is 0 Å². The smallest absolute Gasteiger partial charge is 0.159 e. The van der Waals surface area contributed by atoms with Gasteiger partial charge in [-0.15, -0.1) is 0 Å². The second-order valence-corrected chi connectivity index (χ2v) is 18.4. The number of nitrogens with zero attached hydrogens (tertiary/aromatic N) is 1. The van der Waals surface area contributed by atoms with E-state index in [0.717, 1.165) is 60.9 Å². The number of rotatable bonds is 4. The van der Waals surface area contributed by atoms with Gasteiger partial charge in [-0.25, -0.2) is 0 Å². The number of furan rings is 2. The zero-order valence-corrected chi connectivity index (χ0v) is 36.0. The summed E-state index contributed by atoms with van der Waals surface area (Å²) in [4.78, 5) is 2.38. The number of hydrogen-bond donors (Lipinski definition) is 0. The van der Waals surface area contributed by atoms with E-state index in [1.165, 1.54) is 72.3 Å². The second-order valence-electron chi connectivity index (χ2n) is 18.4. The van der Waals surface area contributed by atoms with E-state index in [-0.39, 0.29) is 0 Å². The average molecular weight is 842 g/mol. The summed E-state index contributed by atoms with van der Waals surface area (Å²) >= 11 is 0. The molecule has 0 bridgehead atoms. The monoisotopic (exact) mass is 841 g/mol. The van der Waals surface area contributed by atoms with Crippen LogP contribution in [0.4, 0.5) is 17.1 Å². The molecule has 1 spiro atoms. The maximum Gasteiger partial charge on any atom is 0.159 e. The molecule has 12 aromatic rings. The maximum absolute atomic E-state index is 7.21. The van der Waals surface area contributed by atoms with Crippen molar-refractivity contribution < 1.29 is 8.83 Å². The minimum Gasteiger partial charge on any atom is -0.456 e.